The largest absolute Gasteiger partial charge is 0.490 e. The van der Waals surface area contributed by atoms with Crippen LogP contribution in [-0.2, 0) is 6.54 Å². The number of hydrogen-bond acceptors (Lipinski definition) is 4. The summed E-state index contributed by atoms with van der Waals surface area (Å²) in [6.07, 6.45) is 0. The quantitative estimate of drug-likeness (QED) is 0.899. The van der Waals surface area contributed by atoms with Gasteiger partial charge in [0.05, 0.1) is 11.6 Å². The maximum Gasteiger partial charge on any atom is 0.269 e. The van der Waals surface area contributed by atoms with Crippen LogP contribution in [0.5, 0.6) is 5.75 Å². The van der Waals surface area contributed by atoms with Crippen LogP contribution in [0.4, 0.5) is 4.39 Å². The number of nitrogens with two attached hydrogens (primary N) is 1. The van der Waals surface area contributed by atoms with Gasteiger partial charge in [-0.25, -0.2) is 9.07 Å². The first-order chi connectivity index (χ1) is 9.97. The Balaban J connectivity index is 2.05. The molecule has 6 nitrogen and oxygen atoms in total. The molecule has 2 aromatic rings. The fraction of sp³-hybridized carbons (Fsp3) is 0.154. The molecular formula is C13H11ClFN3O3. The SMILES string of the molecule is NC(=O)c1ccc(=O)n(CCOc2ccc(F)cc2Cl)n1. The van der Waals surface area contributed by atoms with E-state index < -0.39 is 17.3 Å². The van der Waals surface area contributed by atoms with E-state index in [1.807, 2.05) is 0 Å². The molecule has 0 aliphatic heterocycles. The number of primary amides is 1. The zero-order valence-corrected chi connectivity index (χ0v) is 11.5. The van der Waals surface area contributed by atoms with E-state index >= 15 is 0 Å². The fourth-order valence-corrected chi connectivity index (χ4v) is 1.80. The minimum Gasteiger partial charge on any atom is -0.490 e. The molecule has 0 fully saturated rings. The highest BCUT2D eigenvalue weighted by molar-refractivity contribution is 6.32. The van der Waals surface area contributed by atoms with E-state index in [1.54, 1.807) is 0 Å². The van der Waals surface area contributed by atoms with Gasteiger partial charge in [-0.15, -0.1) is 0 Å². The number of ether oxygens (including phenoxy) is 1. The molecule has 0 saturated heterocycles. The Labute approximate surface area is 123 Å². The van der Waals surface area contributed by atoms with Crippen LogP contribution in [-0.4, -0.2) is 22.3 Å². The highest BCUT2D eigenvalue weighted by Crippen LogP contribution is 2.24. The van der Waals surface area contributed by atoms with Gasteiger partial charge in [-0.2, -0.15) is 5.10 Å². The molecule has 0 aliphatic rings. The monoisotopic (exact) mass is 311 g/mol. The van der Waals surface area contributed by atoms with Crippen LogP contribution in [0.25, 0.3) is 0 Å². The van der Waals surface area contributed by atoms with Crippen molar-refractivity contribution in [1.29, 1.82) is 0 Å². The summed E-state index contributed by atoms with van der Waals surface area (Å²) in [5.74, 6) is -0.914. The number of carbonyl (C=O) groups is 1. The number of amides is 1. The number of carbonyl (C=O) groups excluding carboxylic acids is 1. The van der Waals surface area contributed by atoms with Crippen molar-refractivity contribution in [3.05, 3.63) is 57.2 Å². The molecule has 0 aliphatic carbocycles. The van der Waals surface area contributed by atoms with Crippen LogP contribution in [0.15, 0.2) is 35.1 Å². The van der Waals surface area contributed by atoms with Crippen LogP contribution in [0, 0.1) is 5.82 Å². The van der Waals surface area contributed by atoms with Crippen LogP contribution < -0.4 is 16.0 Å². The van der Waals surface area contributed by atoms with E-state index in [0.717, 1.165) is 10.7 Å². The minimum atomic E-state index is -0.730. The third kappa shape index (κ3) is 3.79. The van der Waals surface area contributed by atoms with Crippen molar-refractivity contribution in [2.24, 2.45) is 5.73 Å². The average Bonchev–Trinajstić information content (AvgIpc) is 2.43. The van der Waals surface area contributed by atoms with E-state index in [9.17, 15) is 14.0 Å². The van der Waals surface area contributed by atoms with Gasteiger partial charge in [0.25, 0.3) is 11.5 Å². The summed E-state index contributed by atoms with van der Waals surface area (Å²) in [5, 5.41) is 3.92. The van der Waals surface area contributed by atoms with Gasteiger partial charge in [0, 0.05) is 6.07 Å². The second-order valence-corrected chi connectivity index (χ2v) is 4.47. The Hall–Kier alpha value is -2.41. The molecule has 2 rings (SSSR count). The smallest absolute Gasteiger partial charge is 0.269 e. The van der Waals surface area contributed by atoms with Crippen LogP contribution in [0.3, 0.4) is 0 Å². The molecule has 8 heteroatoms. The van der Waals surface area contributed by atoms with E-state index in [2.05, 4.69) is 5.10 Å². The van der Waals surface area contributed by atoms with Gasteiger partial charge in [-0.05, 0) is 24.3 Å². The molecule has 21 heavy (non-hydrogen) atoms. The lowest BCUT2D eigenvalue weighted by atomic mass is 10.3. The topological polar surface area (TPSA) is 87.2 Å². The maximum absolute atomic E-state index is 12.9. The van der Waals surface area contributed by atoms with Crippen molar-refractivity contribution in [3.8, 4) is 5.75 Å². The number of hydrogen-bond donors (Lipinski definition) is 1. The van der Waals surface area contributed by atoms with E-state index in [1.165, 1.54) is 24.3 Å². The van der Waals surface area contributed by atoms with Gasteiger partial charge in [0.1, 0.15) is 23.9 Å². The Bertz CT molecular complexity index is 733. The van der Waals surface area contributed by atoms with Gasteiger partial charge < -0.3 is 10.5 Å². The van der Waals surface area contributed by atoms with Gasteiger partial charge in [-0.1, -0.05) is 11.6 Å². The molecule has 0 atom stereocenters. The molecule has 0 unspecified atom stereocenters. The van der Waals surface area contributed by atoms with Crippen molar-refractivity contribution < 1.29 is 13.9 Å². The van der Waals surface area contributed by atoms with Crippen molar-refractivity contribution in [2.75, 3.05) is 6.61 Å². The number of rotatable bonds is 5. The molecule has 110 valence electrons. The summed E-state index contributed by atoms with van der Waals surface area (Å²) in [6, 6.07) is 6.15. The number of benzene rings is 1. The molecule has 1 heterocycles. The predicted molar refractivity (Wildman–Crippen MR) is 73.9 cm³/mol. The van der Waals surface area contributed by atoms with E-state index in [-0.39, 0.29) is 29.6 Å². The number of nitrogens with zero attached hydrogens (tertiary/aromatic N) is 2. The minimum absolute atomic E-state index is 0.0191. The van der Waals surface area contributed by atoms with Gasteiger partial charge in [0.2, 0.25) is 0 Å². The maximum atomic E-state index is 12.9. The first-order valence-corrected chi connectivity index (χ1v) is 6.31. The molecule has 1 aromatic carbocycles. The Morgan fingerprint density at radius 1 is 1.38 bits per heavy atom. The highest BCUT2D eigenvalue weighted by atomic mass is 35.5. The molecular weight excluding hydrogens is 301 g/mol. The summed E-state index contributed by atoms with van der Waals surface area (Å²) in [7, 11) is 0. The first kappa shape index (κ1) is 15.0. The zero-order valence-electron chi connectivity index (χ0n) is 10.8. The number of halogens is 2. The lowest BCUT2D eigenvalue weighted by molar-refractivity contribution is 0.0992. The standard InChI is InChI=1S/C13H11ClFN3O3/c14-9-7-8(15)1-3-11(9)21-6-5-18-12(19)4-2-10(17-18)13(16)20/h1-4,7H,5-6H2,(H2,16,20). The lowest BCUT2D eigenvalue weighted by Gasteiger charge is -2.09. The Morgan fingerprint density at radius 2 is 2.14 bits per heavy atom. The third-order valence-electron chi connectivity index (χ3n) is 2.57. The second-order valence-electron chi connectivity index (χ2n) is 4.07. The van der Waals surface area contributed by atoms with Crippen molar-refractivity contribution >= 4 is 17.5 Å². The second kappa shape index (κ2) is 6.36. The zero-order chi connectivity index (χ0) is 15.4. The lowest BCUT2D eigenvalue weighted by Crippen LogP contribution is -2.28. The number of aromatic nitrogens is 2. The van der Waals surface area contributed by atoms with Crippen molar-refractivity contribution in [3.63, 3.8) is 0 Å². The highest BCUT2D eigenvalue weighted by Gasteiger charge is 2.07. The van der Waals surface area contributed by atoms with Crippen molar-refractivity contribution in [1.82, 2.24) is 9.78 Å². The summed E-state index contributed by atoms with van der Waals surface area (Å²) in [5.41, 5.74) is 4.67. The van der Waals surface area contributed by atoms with Gasteiger partial charge in [0.15, 0.2) is 0 Å². The van der Waals surface area contributed by atoms with E-state index in [4.69, 9.17) is 22.1 Å². The molecule has 0 bridgehead atoms. The third-order valence-corrected chi connectivity index (χ3v) is 2.87. The van der Waals surface area contributed by atoms with E-state index in [0.29, 0.717) is 0 Å². The molecule has 0 saturated carbocycles. The van der Waals surface area contributed by atoms with Crippen molar-refractivity contribution in [2.45, 2.75) is 6.54 Å². The summed E-state index contributed by atoms with van der Waals surface area (Å²) >= 11 is 5.80. The molecule has 0 radical (unpaired) electrons. The predicted octanol–water partition coefficient (Wildman–Crippen LogP) is 1.21. The summed E-state index contributed by atoms with van der Waals surface area (Å²) < 4.78 is 19.3. The summed E-state index contributed by atoms with van der Waals surface area (Å²) in [4.78, 5) is 22.6. The Kier molecular flexibility index (Phi) is 4.54. The normalized spacial score (nSPS) is 10.4. The van der Waals surface area contributed by atoms with Crippen LogP contribution in [0.2, 0.25) is 5.02 Å². The van der Waals surface area contributed by atoms with Gasteiger partial charge in [-0.3, -0.25) is 9.59 Å². The van der Waals surface area contributed by atoms with Crippen LogP contribution in [0.1, 0.15) is 10.5 Å². The Morgan fingerprint density at radius 3 is 2.81 bits per heavy atom. The fourth-order valence-electron chi connectivity index (χ4n) is 1.57. The summed E-state index contributed by atoms with van der Waals surface area (Å²) in [6.45, 7) is 0.161. The molecule has 1 amide bonds. The molecule has 2 N–H and O–H groups in total. The first-order valence-electron chi connectivity index (χ1n) is 5.93. The van der Waals surface area contributed by atoms with Crippen LogP contribution >= 0.6 is 11.6 Å². The molecule has 1 aromatic heterocycles. The molecule has 0 spiro atoms. The average molecular weight is 312 g/mol. The van der Waals surface area contributed by atoms with Gasteiger partial charge >= 0.3 is 0 Å².